The molecule has 29 heavy (non-hydrogen) atoms. The summed E-state index contributed by atoms with van der Waals surface area (Å²) in [6, 6.07) is 17.2. The van der Waals surface area contributed by atoms with Crippen molar-refractivity contribution in [3.05, 3.63) is 77.4 Å². The lowest BCUT2D eigenvalue weighted by molar-refractivity contribution is 0.624. The largest absolute Gasteiger partial charge is 0.368 e. The Hall–Kier alpha value is -3.15. The predicted octanol–water partition coefficient (Wildman–Crippen LogP) is 4.17. The lowest BCUT2D eigenvalue weighted by Crippen LogP contribution is -2.46. The van der Waals surface area contributed by atoms with E-state index in [1.807, 2.05) is 25.1 Å². The number of hydrogen-bond donors (Lipinski definition) is 1. The van der Waals surface area contributed by atoms with Crippen LogP contribution in [0.25, 0.3) is 0 Å². The highest BCUT2D eigenvalue weighted by Gasteiger charge is 2.19. The quantitative estimate of drug-likeness (QED) is 0.707. The summed E-state index contributed by atoms with van der Waals surface area (Å²) in [6.45, 7) is 8.24. The normalized spacial score (nSPS) is 14.2. The van der Waals surface area contributed by atoms with E-state index < -0.39 is 0 Å². The summed E-state index contributed by atoms with van der Waals surface area (Å²) < 4.78 is 13.2. The van der Waals surface area contributed by atoms with Crippen molar-refractivity contribution < 1.29 is 4.39 Å². The van der Waals surface area contributed by atoms with E-state index in [0.717, 1.165) is 55.9 Å². The molecule has 0 amide bonds. The van der Waals surface area contributed by atoms with Gasteiger partial charge in [0.15, 0.2) is 0 Å². The number of aryl methyl sites for hydroxylation is 2. The molecule has 150 valence electrons. The van der Waals surface area contributed by atoms with Crippen LogP contribution >= 0.6 is 0 Å². The van der Waals surface area contributed by atoms with E-state index in [4.69, 9.17) is 0 Å². The molecule has 0 bridgehead atoms. The average molecular weight is 391 g/mol. The standard InChI is InChI=1S/C23H26FN5/c1-17-4-3-5-19(14-17)16-25-22-15-23(27-18(2)26-22)29-12-10-28(11-13-29)21-8-6-20(24)7-9-21/h3-9,14-15H,10-13,16H2,1-2H3,(H,25,26,27). The van der Waals surface area contributed by atoms with Crippen molar-refractivity contribution >= 4 is 17.3 Å². The zero-order chi connectivity index (χ0) is 20.2. The van der Waals surface area contributed by atoms with Crippen molar-refractivity contribution in [1.82, 2.24) is 9.97 Å². The molecule has 1 fully saturated rings. The van der Waals surface area contributed by atoms with Gasteiger partial charge < -0.3 is 15.1 Å². The molecular formula is C23H26FN5. The number of piperazine rings is 1. The molecule has 4 rings (SSSR count). The second-order valence-corrected chi connectivity index (χ2v) is 7.45. The van der Waals surface area contributed by atoms with Crippen LogP contribution in [0.5, 0.6) is 0 Å². The molecule has 1 aromatic heterocycles. The maximum atomic E-state index is 13.2. The number of halogens is 1. The smallest absolute Gasteiger partial charge is 0.134 e. The Kier molecular flexibility index (Phi) is 5.60. The van der Waals surface area contributed by atoms with Crippen LogP contribution in [0.4, 0.5) is 21.7 Å². The lowest BCUT2D eigenvalue weighted by Gasteiger charge is -2.36. The minimum atomic E-state index is -0.200. The fourth-order valence-electron chi connectivity index (χ4n) is 3.66. The van der Waals surface area contributed by atoms with Crippen molar-refractivity contribution in [1.29, 1.82) is 0 Å². The zero-order valence-electron chi connectivity index (χ0n) is 16.9. The third-order valence-electron chi connectivity index (χ3n) is 5.18. The maximum Gasteiger partial charge on any atom is 0.134 e. The summed E-state index contributed by atoms with van der Waals surface area (Å²) in [5, 5.41) is 3.42. The average Bonchev–Trinajstić information content (AvgIpc) is 2.73. The van der Waals surface area contributed by atoms with E-state index in [1.54, 1.807) is 0 Å². The first kappa shape index (κ1) is 19.2. The summed E-state index contributed by atoms with van der Waals surface area (Å²) in [5.74, 6) is 2.35. The molecule has 1 aliphatic rings. The molecular weight excluding hydrogens is 365 g/mol. The maximum absolute atomic E-state index is 13.2. The van der Waals surface area contributed by atoms with Crippen LogP contribution in [-0.2, 0) is 6.54 Å². The molecule has 1 saturated heterocycles. The van der Waals surface area contributed by atoms with Gasteiger partial charge in [0, 0.05) is 44.5 Å². The molecule has 1 aliphatic heterocycles. The Morgan fingerprint density at radius 1 is 0.897 bits per heavy atom. The van der Waals surface area contributed by atoms with Gasteiger partial charge in [0.05, 0.1) is 0 Å². The molecule has 0 atom stereocenters. The number of nitrogens with one attached hydrogen (secondary N) is 1. The molecule has 0 saturated carbocycles. The molecule has 2 aromatic carbocycles. The SMILES string of the molecule is Cc1cccc(CNc2cc(N3CCN(c4ccc(F)cc4)CC3)nc(C)n2)c1. The van der Waals surface area contributed by atoms with Gasteiger partial charge in [-0.2, -0.15) is 0 Å². The molecule has 0 spiro atoms. The van der Waals surface area contributed by atoms with Crippen LogP contribution in [0, 0.1) is 19.7 Å². The highest BCUT2D eigenvalue weighted by molar-refractivity contribution is 5.53. The van der Waals surface area contributed by atoms with Gasteiger partial charge in [-0.3, -0.25) is 0 Å². The Morgan fingerprint density at radius 2 is 1.62 bits per heavy atom. The topological polar surface area (TPSA) is 44.3 Å². The first-order chi connectivity index (χ1) is 14.1. The van der Waals surface area contributed by atoms with E-state index in [2.05, 4.69) is 56.3 Å². The lowest BCUT2D eigenvalue weighted by atomic mass is 10.1. The number of hydrogen-bond acceptors (Lipinski definition) is 5. The summed E-state index contributed by atoms with van der Waals surface area (Å²) >= 11 is 0. The van der Waals surface area contributed by atoms with Gasteiger partial charge in [-0.1, -0.05) is 29.8 Å². The highest BCUT2D eigenvalue weighted by atomic mass is 19.1. The number of nitrogens with zero attached hydrogens (tertiary/aromatic N) is 4. The van der Waals surface area contributed by atoms with E-state index in [9.17, 15) is 4.39 Å². The predicted molar refractivity (Wildman–Crippen MR) is 116 cm³/mol. The zero-order valence-corrected chi connectivity index (χ0v) is 16.9. The molecule has 0 radical (unpaired) electrons. The van der Waals surface area contributed by atoms with Gasteiger partial charge >= 0.3 is 0 Å². The Labute approximate surface area is 171 Å². The molecule has 6 heteroatoms. The molecule has 2 heterocycles. The van der Waals surface area contributed by atoms with Crippen molar-refractivity contribution in [2.24, 2.45) is 0 Å². The fourth-order valence-corrected chi connectivity index (χ4v) is 3.66. The van der Waals surface area contributed by atoms with Crippen molar-refractivity contribution in [2.45, 2.75) is 20.4 Å². The summed E-state index contributed by atoms with van der Waals surface area (Å²) in [7, 11) is 0. The third-order valence-corrected chi connectivity index (χ3v) is 5.18. The number of anilines is 3. The van der Waals surface area contributed by atoms with E-state index in [1.165, 1.54) is 23.3 Å². The van der Waals surface area contributed by atoms with Crippen LogP contribution < -0.4 is 15.1 Å². The Bertz CT molecular complexity index is 965. The fraction of sp³-hybridized carbons (Fsp3) is 0.304. The monoisotopic (exact) mass is 391 g/mol. The molecule has 5 nitrogen and oxygen atoms in total. The van der Waals surface area contributed by atoms with Crippen molar-refractivity contribution in [2.75, 3.05) is 41.3 Å². The van der Waals surface area contributed by atoms with Gasteiger partial charge in [-0.25, -0.2) is 14.4 Å². The second-order valence-electron chi connectivity index (χ2n) is 7.45. The van der Waals surface area contributed by atoms with Crippen LogP contribution in [-0.4, -0.2) is 36.1 Å². The molecule has 1 N–H and O–H groups in total. The molecule has 0 aliphatic carbocycles. The summed E-state index contributed by atoms with van der Waals surface area (Å²) in [6.07, 6.45) is 0. The van der Waals surface area contributed by atoms with Crippen molar-refractivity contribution in [3.63, 3.8) is 0 Å². The van der Waals surface area contributed by atoms with Gasteiger partial charge in [0.2, 0.25) is 0 Å². The number of rotatable bonds is 5. The minimum Gasteiger partial charge on any atom is -0.368 e. The molecule has 3 aromatic rings. The van der Waals surface area contributed by atoms with Gasteiger partial charge in [0.25, 0.3) is 0 Å². The number of benzene rings is 2. The Balaban J connectivity index is 1.40. The number of aromatic nitrogens is 2. The second kappa shape index (κ2) is 8.47. The first-order valence-electron chi connectivity index (χ1n) is 9.97. The van der Waals surface area contributed by atoms with E-state index in [-0.39, 0.29) is 5.82 Å². The third kappa shape index (κ3) is 4.83. The summed E-state index contributed by atoms with van der Waals surface area (Å²) in [5.41, 5.74) is 3.55. The van der Waals surface area contributed by atoms with Gasteiger partial charge in [-0.15, -0.1) is 0 Å². The van der Waals surface area contributed by atoms with Crippen LogP contribution in [0.15, 0.2) is 54.6 Å². The van der Waals surface area contributed by atoms with Crippen LogP contribution in [0.2, 0.25) is 0 Å². The molecule has 0 unspecified atom stereocenters. The van der Waals surface area contributed by atoms with Crippen LogP contribution in [0.3, 0.4) is 0 Å². The van der Waals surface area contributed by atoms with Crippen LogP contribution in [0.1, 0.15) is 17.0 Å². The summed E-state index contributed by atoms with van der Waals surface area (Å²) in [4.78, 5) is 13.7. The highest BCUT2D eigenvalue weighted by Crippen LogP contribution is 2.21. The van der Waals surface area contributed by atoms with E-state index >= 15 is 0 Å². The van der Waals surface area contributed by atoms with Gasteiger partial charge in [-0.05, 0) is 43.7 Å². The van der Waals surface area contributed by atoms with E-state index in [0.29, 0.717) is 0 Å². The van der Waals surface area contributed by atoms with Crippen molar-refractivity contribution in [3.8, 4) is 0 Å². The first-order valence-corrected chi connectivity index (χ1v) is 9.97. The minimum absolute atomic E-state index is 0.200. The van der Waals surface area contributed by atoms with Gasteiger partial charge in [0.1, 0.15) is 23.3 Å². The Morgan fingerprint density at radius 3 is 2.34 bits per heavy atom.